The Hall–Kier alpha value is -2.41. The molecule has 7 heteroatoms. The van der Waals surface area contributed by atoms with Gasteiger partial charge in [-0.05, 0) is 35.6 Å². The van der Waals surface area contributed by atoms with E-state index in [1.807, 2.05) is 0 Å². The molecular formula is C22H22F4N2O. The Balaban J connectivity index is 1.30. The van der Waals surface area contributed by atoms with Crippen molar-refractivity contribution >= 4 is 5.91 Å². The Morgan fingerprint density at radius 1 is 1.00 bits per heavy atom. The lowest BCUT2D eigenvalue weighted by atomic mass is 10.1. The van der Waals surface area contributed by atoms with Crippen LogP contribution in [0.3, 0.4) is 0 Å². The van der Waals surface area contributed by atoms with Crippen LogP contribution in [0, 0.1) is 11.7 Å². The zero-order chi connectivity index (χ0) is 20.6. The van der Waals surface area contributed by atoms with E-state index in [4.69, 9.17) is 0 Å². The number of amides is 1. The number of hydrogen-bond acceptors (Lipinski definition) is 2. The quantitative estimate of drug-likeness (QED) is 0.708. The molecule has 2 atom stereocenters. The van der Waals surface area contributed by atoms with Gasteiger partial charge in [0, 0.05) is 38.6 Å². The van der Waals surface area contributed by atoms with Crippen molar-refractivity contribution in [2.45, 2.75) is 25.1 Å². The molecule has 2 unspecified atom stereocenters. The molecule has 1 aliphatic heterocycles. The van der Waals surface area contributed by atoms with Crippen molar-refractivity contribution in [1.82, 2.24) is 9.80 Å². The Morgan fingerprint density at radius 2 is 1.72 bits per heavy atom. The van der Waals surface area contributed by atoms with E-state index in [0.717, 1.165) is 6.07 Å². The lowest BCUT2D eigenvalue weighted by molar-refractivity contribution is -0.138. The lowest BCUT2D eigenvalue weighted by Crippen LogP contribution is -2.48. The zero-order valence-electron chi connectivity index (χ0n) is 15.8. The summed E-state index contributed by atoms with van der Waals surface area (Å²) in [6, 6.07) is 11.9. The predicted octanol–water partition coefficient (Wildman–Crippen LogP) is 4.29. The number of halogens is 4. The van der Waals surface area contributed by atoms with Crippen LogP contribution in [-0.2, 0) is 17.5 Å². The van der Waals surface area contributed by atoms with Crippen molar-refractivity contribution in [3.05, 3.63) is 71.0 Å². The van der Waals surface area contributed by atoms with Crippen LogP contribution < -0.4 is 0 Å². The number of carbonyl (C=O) groups is 1. The van der Waals surface area contributed by atoms with Gasteiger partial charge in [-0.2, -0.15) is 13.2 Å². The van der Waals surface area contributed by atoms with Gasteiger partial charge in [0.25, 0.3) is 0 Å². The molecule has 4 rings (SSSR count). The van der Waals surface area contributed by atoms with Crippen LogP contribution in [0.4, 0.5) is 17.6 Å². The van der Waals surface area contributed by atoms with Crippen LogP contribution in [0.5, 0.6) is 0 Å². The largest absolute Gasteiger partial charge is 0.416 e. The van der Waals surface area contributed by atoms with E-state index >= 15 is 0 Å². The van der Waals surface area contributed by atoms with Crippen molar-refractivity contribution < 1.29 is 22.4 Å². The maximum atomic E-state index is 13.9. The third-order valence-electron chi connectivity index (χ3n) is 5.76. The summed E-state index contributed by atoms with van der Waals surface area (Å²) in [7, 11) is 0. The number of benzene rings is 2. The van der Waals surface area contributed by atoms with E-state index in [0.29, 0.717) is 50.3 Å². The maximum Gasteiger partial charge on any atom is 0.416 e. The molecule has 1 aliphatic carbocycles. The second kappa shape index (κ2) is 7.78. The fourth-order valence-corrected chi connectivity index (χ4v) is 4.05. The van der Waals surface area contributed by atoms with Gasteiger partial charge in [0.05, 0.1) is 5.56 Å². The molecule has 2 aromatic carbocycles. The van der Waals surface area contributed by atoms with E-state index in [1.54, 1.807) is 29.2 Å². The Kier molecular flexibility index (Phi) is 5.34. The number of carbonyl (C=O) groups excluding carboxylic acids is 1. The van der Waals surface area contributed by atoms with Gasteiger partial charge in [-0.3, -0.25) is 9.69 Å². The smallest absolute Gasteiger partial charge is 0.340 e. The third-order valence-corrected chi connectivity index (χ3v) is 5.76. The fraction of sp³-hybridized carbons (Fsp3) is 0.409. The molecule has 0 aromatic heterocycles. The van der Waals surface area contributed by atoms with E-state index in [-0.39, 0.29) is 23.6 Å². The molecular weight excluding hydrogens is 384 g/mol. The average molecular weight is 406 g/mol. The molecule has 2 fully saturated rings. The van der Waals surface area contributed by atoms with Crippen LogP contribution in [0.25, 0.3) is 0 Å². The predicted molar refractivity (Wildman–Crippen MR) is 101 cm³/mol. The highest BCUT2D eigenvalue weighted by molar-refractivity contribution is 5.83. The van der Waals surface area contributed by atoms with E-state index in [9.17, 15) is 22.4 Å². The first-order chi connectivity index (χ1) is 13.8. The number of rotatable bonds is 4. The molecule has 0 bridgehead atoms. The Morgan fingerprint density at radius 3 is 2.41 bits per heavy atom. The van der Waals surface area contributed by atoms with Crippen molar-refractivity contribution in [2.75, 3.05) is 26.2 Å². The SMILES string of the molecule is O=C(C1CC1c1ccccc1F)N1CCN(Cc2cccc(C(F)(F)F)c2)CC1. The monoisotopic (exact) mass is 406 g/mol. The van der Waals surface area contributed by atoms with E-state index in [1.165, 1.54) is 18.2 Å². The summed E-state index contributed by atoms with van der Waals surface area (Å²) in [6.45, 7) is 2.72. The molecule has 3 nitrogen and oxygen atoms in total. The lowest BCUT2D eigenvalue weighted by Gasteiger charge is -2.35. The summed E-state index contributed by atoms with van der Waals surface area (Å²) in [5.74, 6) is -0.426. The van der Waals surface area contributed by atoms with Crippen molar-refractivity contribution in [2.24, 2.45) is 5.92 Å². The minimum Gasteiger partial charge on any atom is -0.340 e. The minimum atomic E-state index is -4.35. The van der Waals surface area contributed by atoms with Crippen LogP contribution >= 0.6 is 0 Å². The Bertz CT molecular complexity index is 890. The highest BCUT2D eigenvalue weighted by Gasteiger charge is 2.47. The molecule has 0 radical (unpaired) electrons. The summed E-state index contributed by atoms with van der Waals surface area (Å²) in [4.78, 5) is 16.6. The van der Waals surface area contributed by atoms with Gasteiger partial charge in [-0.15, -0.1) is 0 Å². The molecule has 0 spiro atoms. The van der Waals surface area contributed by atoms with Crippen LogP contribution in [-0.4, -0.2) is 41.9 Å². The summed E-state index contributed by atoms with van der Waals surface area (Å²) < 4.78 is 52.5. The highest BCUT2D eigenvalue weighted by Crippen LogP contribution is 2.49. The Labute approximate surface area is 166 Å². The van der Waals surface area contributed by atoms with Gasteiger partial charge in [0.1, 0.15) is 5.82 Å². The molecule has 1 amide bonds. The van der Waals surface area contributed by atoms with Crippen LogP contribution in [0.1, 0.15) is 29.0 Å². The third kappa shape index (κ3) is 4.45. The first kappa shape index (κ1) is 19.9. The number of alkyl halides is 3. The van der Waals surface area contributed by atoms with Gasteiger partial charge in [-0.25, -0.2) is 4.39 Å². The standard InChI is InChI=1S/C22H22F4N2O/c23-20-7-2-1-6-17(20)18-13-19(18)21(29)28-10-8-27(9-11-28)14-15-4-3-5-16(12-15)22(24,25)26/h1-7,12,18-19H,8-11,13-14H2. The van der Waals surface area contributed by atoms with Gasteiger partial charge in [-0.1, -0.05) is 36.4 Å². The van der Waals surface area contributed by atoms with Crippen molar-refractivity contribution in [1.29, 1.82) is 0 Å². The van der Waals surface area contributed by atoms with E-state index in [2.05, 4.69) is 4.90 Å². The summed E-state index contributed by atoms with van der Waals surface area (Å²) in [6.07, 6.45) is -3.68. The molecule has 1 heterocycles. The molecule has 1 saturated carbocycles. The second-order valence-electron chi connectivity index (χ2n) is 7.77. The fourth-order valence-electron chi connectivity index (χ4n) is 4.05. The normalized spacial score (nSPS) is 22.6. The average Bonchev–Trinajstić information content (AvgIpc) is 3.49. The molecule has 154 valence electrons. The van der Waals surface area contributed by atoms with Gasteiger partial charge in [0.2, 0.25) is 5.91 Å². The number of piperazine rings is 1. The first-order valence-corrected chi connectivity index (χ1v) is 9.74. The molecule has 0 N–H and O–H groups in total. The topological polar surface area (TPSA) is 23.6 Å². The zero-order valence-corrected chi connectivity index (χ0v) is 15.8. The van der Waals surface area contributed by atoms with Gasteiger partial charge < -0.3 is 4.90 Å². The molecule has 29 heavy (non-hydrogen) atoms. The minimum absolute atomic E-state index is 0.0492. The van der Waals surface area contributed by atoms with Crippen molar-refractivity contribution in [3.63, 3.8) is 0 Å². The maximum absolute atomic E-state index is 13.9. The van der Waals surface area contributed by atoms with Gasteiger partial charge >= 0.3 is 6.18 Å². The number of hydrogen-bond donors (Lipinski definition) is 0. The van der Waals surface area contributed by atoms with Crippen LogP contribution in [0.15, 0.2) is 48.5 Å². The summed E-state index contributed by atoms with van der Waals surface area (Å²) >= 11 is 0. The number of nitrogens with zero attached hydrogens (tertiary/aromatic N) is 2. The first-order valence-electron chi connectivity index (χ1n) is 9.74. The summed E-state index contributed by atoms with van der Waals surface area (Å²) in [5, 5.41) is 0. The van der Waals surface area contributed by atoms with Crippen LogP contribution in [0.2, 0.25) is 0 Å². The second-order valence-corrected chi connectivity index (χ2v) is 7.77. The summed E-state index contributed by atoms with van der Waals surface area (Å²) in [5.41, 5.74) is 0.576. The molecule has 2 aliphatic rings. The van der Waals surface area contributed by atoms with Gasteiger partial charge in [0.15, 0.2) is 0 Å². The highest BCUT2D eigenvalue weighted by atomic mass is 19.4. The van der Waals surface area contributed by atoms with E-state index < -0.39 is 11.7 Å². The van der Waals surface area contributed by atoms with Crippen molar-refractivity contribution in [3.8, 4) is 0 Å². The molecule has 1 saturated heterocycles. The molecule has 2 aromatic rings.